The second-order valence-corrected chi connectivity index (χ2v) is 5.43. The van der Waals surface area contributed by atoms with Gasteiger partial charge in [0.2, 0.25) is 6.41 Å². The number of hydrogen-bond donors (Lipinski definition) is 1. The van der Waals surface area contributed by atoms with E-state index in [4.69, 9.17) is 9.47 Å². The molecule has 3 rings (SSSR count). The van der Waals surface area contributed by atoms with E-state index in [9.17, 15) is 27.2 Å². The van der Waals surface area contributed by atoms with E-state index in [1.807, 2.05) is 0 Å². The van der Waals surface area contributed by atoms with Gasteiger partial charge in [-0.25, -0.2) is 14.1 Å². The van der Waals surface area contributed by atoms with Crippen molar-refractivity contribution in [3.63, 3.8) is 0 Å². The highest BCUT2D eigenvalue weighted by Crippen LogP contribution is 2.35. The third-order valence-corrected chi connectivity index (χ3v) is 3.65. The lowest BCUT2D eigenvalue weighted by molar-refractivity contribution is -0.139. The van der Waals surface area contributed by atoms with E-state index in [0.717, 1.165) is 6.07 Å². The number of alkyl halides is 3. The molecule has 0 fully saturated rings. The fourth-order valence-electron chi connectivity index (χ4n) is 2.41. The number of halogens is 4. The summed E-state index contributed by atoms with van der Waals surface area (Å²) in [5.41, 5.74) is -1.74. The second kappa shape index (κ2) is 7.14. The molecule has 1 aliphatic rings. The molecule has 0 aromatic heterocycles. The maximum Gasteiger partial charge on any atom is 0.419 e. The van der Waals surface area contributed by atoms with Crippen LogP contribution in [0.1, 0.15) is 5.56 Å². The van der Waals surface area contributed by atoms with Crippen molar-refractivity contribution in [1.82, 2.24) is 0 Å². The van der Waals surface area contributed by atoms with Gasteiger partial charge in [0, 0.05) is 11.8 Å². The van der Waals surface area contributed by atoms with Gasteiger partial charge >= 0.3 is 12.2 Å². The first kappa shape index (κ1) is 18.5. The highest BCUT2D eigenvalue weighted by Gasteiger charge is 2.34. The normalized spacial score (nSPS) is 13.0. The van der Waals surface area contributed by atoms with E-state index in [2.05, 4.69) is 5.32 Å². The quantitative estimate of drug-likeness (QED) is 0.646. The van der Waals surface area contributed by atoms with Gasteiger partial charge in [-0.2, -0.15) is 13.2 Å². The van der Waals surface area contributed by atoms with Crippen LogP contribution in [0.4, 0.5) is 33.7 Å². The molecule has 1 heterocycles. The van der Waals surface area contributed by atoms with Gasteiger partial charge in [0.15, 0.2) is 11.5 Å². The van der Waals surface area contributed by atoms with Crippen LogP contribution in [0.15, 0.2) is 36.4 Å². The first-order chi connectivity index (χ1) is 12.8. The van der Waals surface area contributed by atoms with E-state index in [-0.39, 0.29) is 17.8 Å². The molecule has 2 aromatic carbocycles. The fraction of sp³-hybridized carbons (Fsp3) is 0.176. The number of carbonyl (C=O) groups is 2. The highest BCUT2D eigenvalue weighted by molar-refractivity contribution is 6.12. The second-order valence-electron chi connectivity index (χ2n) is 5.43. The Balaban J connectivity index is 1.83. The zero-order valence-corrected chi connectivity index (χ0v) is 13.5. The van der Waals surface area contributed by atoms with Crippen molar-refractivity contribution in [1.29, 1.82) is 0 Å². The Bertz CT molecular complexity index is 886. The SMILES string of the molecule is O=CN(C(=O)Nc1ccc(F)c(C(F)(F)F)c1)c1ccc2c(c1)OCCO2. The molecule has 0 atom stereocenters. The number of carbonyl (C=O) groups excluding carboxylic acids is 2. The van der Waals surface area contributed by atoms with Gasteiger partial charge in [-0.3, -0.25) is 4.79 Å². The van der Waals surface area contributed by atoms with Crippen LogP contribution in [0.2, 0.25) is 0 Å². The van der Waals surface area contributed by atoms with Crippen LogP contribution >= 0.6 is 0 Å². The molecule has 0 saturated heterocycles. The Kier molecular flexibility index (Phi) is 4.89. The summed E-state index contributed by atoms with van der Waals surface area (Å²) in [7, 11) is 0. The zero-order chi connectivity index (χ0) is 19.6. The lowest BCUT2D eigenvalue weighted by atomic mass is 10.2. The number of urea groups is 1. The maximum absolute atomic E-state index is 13.3. The van der Waals surface area contributed by atoms with Gasteiger partial charge in [-0.15, -0.1) is 0 Å². The van der Waals surface area contributed by atoms with E-state index in [0.29, 0.717) is 41.7 Å². The van der Waals surface area contributed by atoms with E-state index in [1.165, 1.54) is 18.2 Å². The number of benzene rings is 2. The Hall–Kier alpha value is -3.30. The monoisotopic (exact) mass is 384 g/mol. The first-order valence-electron chi connectivity index (χ1n) is 7.61. The van der Waals surface area contributed by atoms with Crippen molar-refractivity contribution < 1.29 is 36.6 Å². The summed E-state index contributed by atoms with van der Waals surface area (Å²) >= 11 is 0. The average molecular weight is 384 g/mol. The minimum atomic E-state index is -4.93. The van der Waals surface area contributed by atoms with E-state index < -0.39 is 23.6 Å². The third-order valence-electron chi connectivity index (χ3n) is 3.65. The Morgan fingerprint density at radius 2 is 1.78 bits per heavy atom. The number of imide groups is 1. The van der Waals surface area contributed by atoms with E-state index in [1.54, 1.807) is 0 Å². The molecule has 0 bridgehead atoms. The summed E-state index contributed by atoms with van der Waals surface area (Å²) in [5, 5.41) is 2.13. The molecule has 1 aliphatic heterocycles. The zero-order valence-electron chi connectivity index (χ0n) is 13.5. The van der Waals surface area contributed by atoms with Gasteiger partial charge in [-0.05, 0) is 30.3 Å². The Morgan fingerprint density at radius 1 is 1.07 bits per heavy atom. The average Bonchev–Trinajstić information content (AvgIpc) is 2.63. The van der Waals surface area contributed by atoms with Gasteiger partial charge in [0.1, 0.15) is 19.0 Å². The summed E-state index contributed by atoms with van der Waals surface area (Å²) in [4.78, 5) is 24.3. The molecule has 0 spiro atoms. The Morgan fingerprint density at radius 3 is 2.44 bits per heavy atom. The van der Waals surface area contributed by atoms with Gasteiger partial charge in [0.25, 0.3) is 0 Å². The van der Waals surface area contributed by atoms with Crippen LogP contribution in [-0.2, 0) is 11.0 Å². The number of hydrogen-bond acceptors (Lipinski definition) is 4. The van der Waals surface area contributed by atoms with Crippen molar-refractivity contribution in [2.45, 2.75) is 6.18 Å². The lowest BCUT2D eigenvalue weighted by Gasteiger charge is -2.22. The molecule has 27 heavy (non-hydrogen) atoms. The molecule has 1 N–H and O–H groups in total. The van der Waals surface area contributed by atoms with Crippen molar-refractivity contribution in [2.24, 2.45) is 0 Å². The highest BCUT2D eigenvalue weighted by atomic mass is 19.4. The number of fused-ring (bicyclic) bond motifs is 1. The molecule has 142 valence electrons. The van der Waals surface area contributed by atoms with Gasteiger partial charge in [0.05, 0.1) is 11.3 Å². The van der Waals surface area contributed by atoms with Crippen molar-refractivity contribution >= 4 is 23.8 Å². The molecule has 6 nitrogen and oxygen atoms in total. The predicted molar refractivity (Wildman–Crippen MR) is 86.4 cm³/mol. The summed E-state index contributed by atoms with van der Waals surface area (Å²) in [6, 6.07) is 5.24. The van der Waals surface area contributed by atoms with Crippen LogP contribution in [-0.4, -0.2) is 25.7 Å². The first-order valence-corrected chi connectivity index (χ1v) is 7.61. The molecular weight excluding hydrogens is 372 g/mol. The lowest BCUT2D eigenvalue weighted by Crippen LogP contribution is -2.34. The number of amides is 3. The largest absolute Gasteiger partial charge is 0.486 e. The number of nitrogens with zero attached hydrogens (tertiary/aromatic N) is 1. The van der Waals surface area contributed by atoms with Crippen molar-refractivity contribution in [3.8, 4) is 11.5 Å². The molecule has 0 aliphatic carbocycles. The molecule has 0 unspecified atom stereocenters. The smallest absolute Gasteiger partial charge is 0.419 e. The molecular formula is C17H12F4N2O4. The Labute approximate surface area is 150 Å². The minimum absolute atomic E-state index is 0.116. The molecule has 3 amide bonds. The summed E-state index contributed by atoms with van der Waals surface area (Å²) in [5.74, 6) is -0.719. The topological polar surface area (TPSA) is 67.9 Å². The molecule has 0 saturated carbocycles. The van der Waals surface area contributed by atoms with Crippen LogP contribution < -0.4 is 19.7 Å². The van der Waals surface area contributed by atoms with Crippen molar-refractivity contribution in [2.75, 3.05) is 23.4 Å². The minimum Gasteiger partial charge on any atom is -0.486 e. The summed E-state index contributed by atoms with van der Waals surface area (Å²) < 4.78 is 62.3. The predicted octanol–water partition coefficient (Wildman–Crippen LogP) is 3.81. The van der Waals surface area contributed by atoms with Crippen LogP contribution in [0.5, 0.6) is 11.5 Å². The number of ether oxygens (including phenoxy) is 2. The van der Waals surface area contributed by atoms with Crippen LogP contribution in [0.25, 0.3) is 0 Å². The third kappa shape index (κ3) is 3.94. The van der Waals surface area contributed by atoms with Crippen LogP contribution in [0, 0.1) is 5.82 Å². The molecule has 0 radical (unpaired) electrons. The summed E-state index contributed by atoms with van der Waals surface area (Å²) in [6.45, 7) is 0.649. The molecule has 10 heteroatoms. The molecule has 2 aromatic rings. The number of nitrogens with one attached hydrogen (secondary N) is 1. The van der Waals surface area contributed by atoms with Gasteiger partial charge in [-0.1, -0.05) is 0 Å². The maximum atomic E-state index is 13.3. The number of rotatable bonds is 3. The van der Waals surface area contributed by atoms with Crippen LogP contribution in [0.3, 0.4) is 0 Å². The standard InChI is InChI=1S/C17H12F4N2O4/c18-13-3-1-10(7-12(13)17(19,20)21)22-16(25)23(9-24)11-2-4-14-15(8-11)27-6-5-26-14/h1-4,7-9H,5-6H2,(H,22,25). The number of anilines is 2. The summed E-state index contributed by atoms with van der Waals surface area (Å²) in [6.07, 6.45) is -4.74. The van der Waals surface area contributed by atoms with Crippen molar-refractivity contribution in [3.05, 3.63) is 47.8 Å². The van der Waals surface area contributed by atoms with Gasteiger partial charge < -0.3 is 14.8 Å². The fourth-order valence-corrected chi connectivity index (χ4v) is 2.41. The van der Waals surface area contributed by atoms with E-state index >= 15 is 0 Å².